The van der Waals surface area contributed by atoms with Crippen molar-refractivity contribution in [3.8, 4) is 0 Å². The maximum Gasteiger partial charge on any atom is 0.325 e. The number of carbonyl (C=O) groups excluding carboxylic acids is 3. The van der Waals surface area contributed by atoms with E-state index in [9.17, 15) is 14.4 Å². The van der Waals surface area contributed by atoms with Crippen LogP contribution in [0.15, 0.2) is 36.4 Å². The molecule has 0 spiro atoms. The van der Waals surface area contributed by atoms with Crippen LogP contribution >= 0.6 is 0 Å². The summed E-state index contributed by atoms with van der Waals surface area (Å²) in [6, 6.07) is 10.7. The van der Waals surface area contributed by atoms with Crippen LogP contribution in [0.1, 0.15) is 49.9 Å². The standard InChI is InChI=1S/C22H25NO4/c1-6-27-20(24)13-23(5)22(26)19-12-16(4)15(3)11-18(19)21(25)17-10-8-7-9-14(17)2/h7-12H,6,13H2,1-5H3. The molecule has 0 saturated carbocycles. The molecule has 0 saturated heterocycles. The van der Waals surface area contributed by atoms with E-state index >= 15 is 0 Å². The zero-order valence-corrected chi connectivity index (χ0v) is 16.5. The maximum absolute atomic E-state index is 13.1. The second kappa shape index (κ2) is 8.62. The molecule has 0 aliphatic heterocycles. The summed E-state index contributed by atoms with van der Waals surface area (Å²) in [6.07, 6.45) is 0. The number of esters is 1. The number of ether oxygens (including phenoxy) is 1. The molecule has 142 valence electrons. The van der Waals surface area contributed by atoms with Crippen molar-refractivity contribution >= 4 is 17.7 Å². The van der Waals surface area contributed by atoms with Gasteiger partial charge in [-0.1, -0.05) is 24.3 Å². The average molecular weight is 367 g/mol. The van der Waals surface area contributed by atoms with Crippen LogP contribution in [-0.2, 0) is 9.53 Å². The topological polar surface area (TPSA) is 63.7 Å². The van der Waals surface area contributed by atoms with E-state index in [0.29, 0.717) is 11.1 Å². The SMILES string of the molecule is CCOC(=O)CN(C)C(=O)c1cc(C)c(C)cc1C(=O)c1ccccc1C. The molecule has 0 heterocycles. The summed E-state index contributed by atoms with van der Waals surface area (Å²) in [7, 11) is 1.52. The highest BCUT2D eigenvalue weighted by Crippen LogP contribution is 2.22. The van der Waals surface area contributed by atoms with Crippen LogP contribution in [0.4, 0.5) is 0 Å². The average Bonchev–Trinajstić information content (AvgIpc) is 2.63. The molecule has 2 aromatic rings. The third kappa shape index (κ3) is 4.61. The predicted octanol–water partition coefficient (Wildman–Crippen LogP) is 3.48. The Hall–Kier alpha value is -2.95. The fourth-order valence-corrected chi connectivity index (χ4v) is 2.83. The summed E-state index contributed by atoms with van der Waals surface area (Å²) in [5.41, 5.74) is 3.87. The fourth-order valence-electron chi connectivity index (χ4n) is 2.83. The number of rotatable bonds is 6. The van der Waals surface area contributed by atoms with E-state index in [1.54, 1.807) is 31.2 Å². The number of nitrogens with zero attached hydrogens (tertiary/aromatic N) is 1. The summed E-state index contributed by atoms with van der Waals surface area (Å²) < 4.78 is 4.90. The number of hydrogen-bond acceptors (Lipinski definition) is 4. The molecule has 0 atom stereocenters. The number of hydrogen-bond donors (Lipinski definition) is 0. The molecule has 0 radical (unpaired) electrons. The molecule has 0 aromatic heterocycles. The maximum atomic E-state index is 13.1. The van der Waals surface area contributed by atoms with Gasteiger partial charge in [-0.3, -0.25) is 14.4 Å². The van der Waals surface area contributed by atoms with Crippen molar-refractivity contribution in [1.29, 1.82) is 0 Å². The third-order valence-corrected chi connectivity index (χ3v) is 4.52. The minimum atomic E-state index is -0.482. The molecule has 0 aliphatic carbocycles. The third-order valence-electron chi connectivity index (χ3n) is 4.52. The first kappa shape index (κ1) is 20.4. The lowest BCUT2D eigenvalue weighted by molar-refractivity contribution is -0.143. The lowest BCUT2D eigenvalue weighted by Crippen LogP contribution is -2.34. The van der Waals surface area contributed by atoms with Crippen LogP contribution < -0.4 is 0 Å². The molecule has 1 amide bonds. The number of carbonyl (C=O) groups is 3. The Kier molecular flexibility index (Phi) is 6.50. The highest BCUT2D eigenvalue weighted by atomic mass is 16.5. The largest absolute Gasteiger partial charge is 0.465 e. The molecule has 0 unspecified atom stereocenters. The second-order valence-electron chi connectivity index (χ2n) is 6.59. The highest BCUT2D eigenvalue weighted by Gasteiger charge is 2.24. The smallest absolute Gasteiger partial charge is 0.325 e. The summed E-state index contributed by atoms with van der Waals surface area (Å²) >= 11 is 0. The predicted molar refractivity (Wildman–Crippen MR) is 104 cm³/mol. The van der Waals surface area contributed by atoms with E-state index in [-0.39, 0.29) is 30.4 Å². The van der Waals surface area contributed by atoms with Gasteiger partial charge in [-0.25, -0.2) is 0 Å². The summed E-state index contributed by atoms with van der Waals surface area (Å²) in [6.45, 7) is 7.45. The molecular weight excluding hydrogens is 342 g/mol. The van der Waals surface area contributed by atoms with E-state index < -0.39 is 5.97 Å². The monoisotopic (exact) mass is 367 g/mol. The van der Waals surface area contributed by atoms with Gasteiger partial charge in [0, 0.05) is 18.2 Å². The van der Waals surface area contributed by atoms with Crippen LogP contribution in [0, 0.1) is 20.8 Å². The highest BCUT2D eigenvalue weighted by molar-refractivity contribution is 6.16. The number of benzene rings is 2. The summed E-state index contributed by atoms with van der Waals surface area (Å²) in [5.74, 6) is -1.07. The molecule has 5 heteroatoms. The zero-order valence-electron chi connectivity index (χ0n) is 16.5. The van der Waals surface area contributed by atoms with Gasteiger partial charge in [-0.05, 0) is 56.5 Å². The van der Waals surface area contributed by atoms with E-state index in [1.165, 1.54) is 11.9 Å². The van der Waals surface area contributed by atoms with Gasteiger partial charge in [0.15, 0.2) is 5.78 Å². The molecule has 2 aromatic carbocycles. The first-order valence-corrected chi connectivity index (χ1v) is 8.88. The molecule has 2 rings (SSSR count). The van der Waals surface area contributed by atoms with Crippen molar-refractivity contribution < 1.29 is 19.1 Å². The summed E-state index contributed by atoms with van der Waals surface area (Å²) in [5, 5.41) is 0. The lowest BCUT2D eigenvalue weighted by Gasteiger charge is -2.19. The summed E-state index contributed by atoms with van der Waals surface area (Å²) in [4.78, 5) is 39.1. The van der Waals surface area contributed by atoms with Crippen molar-refractivity contribution in [2.45, 2.75) is 27.7 Å². The Morgan fingerprint density at radius 3 is 2.07 bits per heavy atom. The quantitative estimate of drug-likeness (QED) is 0.579. The van der Waals surface area contributed by atoms with Crippen molar-refractivity contribution in [1.82, 2.24) is 4.90 Å². The van der Waals surface area contributed by atoms with Crippen LogP contribution in [0.2, 0.25) is 0 Å². The fraction of sp³-hybridized carbons (Fsp3) is 0.318. The van der Waals surface area contributed by atoms with Crippen molar-refractivity contribution in [3.05, 3.63) is 69.8 Å². The van der Waals surface area contributed by atoms with E-state index in [1.807, 2.05) is 32.9 Å². The van der Waals surface area contributed by atoms with Gasteiger partial charge in [0.05, 0.1) is 12.2 Å². The van der Waals surface area contributed by atoms with Gasteiger partial charge in [0.25, 0.3) is 5.91 Å². The molecule has 27 heavy (non-hydrogen) atoms. The zero-order chi connectivity index (χ0) is 20.1. The Balaban J connectivity index is 2.46. The van der Waals surface area contributed by atoms with Crippen LogP contribution in [0.3, 0.4) is 0 Å². The second-order valence-corrected chi connectivity index (χ2v) is 6.59. The molecule has 0 fully saturated rings. The first-order chi connectivity index (χ1) is 12.8. The lowest BCUT2D eigenvalue weighted by atomic mass is 9.92. The van der Waals surface area contributed by atoms with Gasteiger partial charge in [0.1, 0.15) is 6.54 Å². The van der Waals surface area contributed by atoms with Crippen molar-refractivity contribution in [2.24, 2.45) is 0 Å². The van der Waals surface area contributed by atoms with Crippen LogP contribution in [-0.4, -0.2) is 42.8 Å². The van der Waals surface area contributed by atoms with Gasteiger partial charge < -0.3 is 9.64 Å². The molecule has 0 N–H and O–H groups in total. The molecule has 5 nitrogen and oxygen atoms in total. The number of likely N-dealkylation sites (N-methyl/N-ethyl adjacent to an activating group) is 1. The first-order valence-electron chi connectivity index (χ1n) is 8.88. The van der Waals surface area contributed by atoms with Gasteiger partial charge in [0.2, 0.25) is 0 Å². The number of aryl methyl sites for hydroxylation is 3. The normalized spacial score (nSPS) is 10.4. The van der Waals surface area contributed by atoms with E-state index in [4.69, 9.17) is 4.74 Å². The van der Waals surface area contributed by atoms with Gasteiger partial charge >= 0.3 is 5.97 Å². The Morgan fingerprint density at radius 1 is 0.889 bits per heavy atom. The van der Waals surface area contributed by atoms with E-state index in [2.05, 4.69) is 0 Å². The van der Waals surface area contributed by atoms with Crippen molar-refractivity contribution in [2.75, 3.05) is 20.2 Å². The van der Waals surface area contributed by atoms with E-state index in [0.717, 1.165) is 16.7 Å². The number of amides is 1. The molecule has 0 aliphatic rings. The van der Waals surface area contributed by atoms with Crippen LogP contribution in [0.25, 0.3) is 0 Å². The molecule has 0 bridgehead atoms. The van der Waals surface area contributed by atoms with Gasteiger partial charge in [-0.15, -0.1) is 0 Å². The van der Waals surface area contributed by atoms with Gasteiger partial charge in [-0.2, -0.15) is 0 Å². The number of ketones is 1. The Bertz CT molecular complexity index is 886. The Labute approximate surface area is 159 Å². The minimum absolute atomic E-state index is 0.169. The molecular formula is C22H25NO4. The van der Waals surface area contributed by atoms with Crippen LogP contribution in [0.5, 0.6) is 0 Å². The minimum Gasteiger partial charge on any atom is -0.465 e. The van der Waals surface area contributed by atoms with Crippen molar-refractivity contribution in [3.63, 3.8) is 0 Å². The Morgan fingerprint density at radius 2 is 1.48 bits per heavy atom.